The maximum atomic E-state index is 5.16. The first kappa shape index (κ1) is 12.0. The predicted octanol–water partition coefficient (Wildman–Crippen LogP) is 1.68. The van der Waals surface area contributed by atoms with Crippen molar-refractivity contribution in [3.8, 4) is 0 Å². The molecular formula is C10H18N4S. The average Bonchev–Trinajstić information content (AvgIpc) is 2.55. The van der Waals surface area contributed by atoms with Crippen molar-refractivity contribution in [1.82, 2.24) is 15.1 Å². The summed E-state index contributed by atoms with van der Waals surface area (Å²) in [5.41, 5.74) is 2.03. The van der Waals surface area contributed by atoms with Crippen LogP contribution in [0.15, 0.2) is 6.20 Å². The third-order valence-electron chi connectivity index (χ3n) is 2.02. The smallest absolute Gasteiger partial charge is 0.170 e. The van der Waals surface area contributed by atoms with Gasteiger partial charge in [0.25, 0.3) is 0 Å². The summed E-state index contributed by atoms with van der Waals surface area (Å²) in [5, 5.41) is 11.3. The molecule has 0 aliphatic rings. The molecule has 0 aliphatic heterocycles. The molecule has 1 aromatic heterocycles. The van der Waals surface area contributed by atoms with E-state index in [1.54, 1.807) is 4.68 Å². The molecule has 0 atom stereocenters. The number of aryl methyl sites for hydroxylation is 2. The molecule has 0 fully saturated rings. The lowest BCUT2D eigenvalue weighted by atomic mass is 10.3. The largest absolute Gasteiger partial charge is 0.362 e. The van der Waals surface area contributed by atoms with Crippen LogP contribution < -0.4 is 10.6 Å². The van der Waals surface area contributed by atoms with Crippen molar-refractivity contribution in [2.24, 2.45) is 7.05 Å². The second kappa shape index (κ2) is 5.70. The number of hydrogen-bond donors (Lipinski definition) is 2. The molecule has 0 radical (unpaired) electrons. The Morgan fingerprint density at radius 1 is 1.53 bits per heavy atom. The standard InChI is InChI=1S/C10H18N4S/c1-4-6-11-10(15)12-9-7-14(3)13-8(9)5-2/h7H,4-6H2,1-3H3,(H2,11,12,15). The minimum atomic E-state index is 0.666. The van der Waals surface area contributed by atoms with E-state index in [4.69, 9.17) is 12.2 Å². The molecule has 0 amide bonds. The van der Waals surface area contributed by atoms with Crippen LogP contribution >= 0.6 is 12.2 Å². The third kappa shape index (κ3) is 3.51. The number of rotatable bonds is 4. The summed E-state index contributed by atoms with van der Waals surface area (Å²) in [5.74, 6) is 0. The van der Waals surface area contributed by atoms with Crippen molar-refractivity contribution in [3.63, 3.8) is 0 Å². The van der Waals surface area contributed by atoms with E-state index in [9.17, 15) is 0 Å². The summed E-state index contributed by atoms with van der Waals surface area (Å²) < 4.78 is 1.80. The SMILES string of the molecule is CCCNC(=S)Nc1cn(C)nc1CC. The zero-order valence-electron chi connectivity index (χ0n) is 9.50. The number of thiocarbonyl (C=S) groups is 1. The lowest BCUT2D eigenvalue weighted by Gasteiger charge is -2.08. The van der Waals surface area contributed by atoms with E-state index in [0.29, 0.717) is 5.11 Å². The summed E-state index contributed by atoms with van der Waals surface area (Å²) in [7, 11) is 1.91. The Hall–Kier alpha value is -1.10. The monoisotopic (exact) mass is 226 g/mol. The number of aromatic nitrogens is 2. The predicted molar refractivity (Wildman–Crippen MR) is 67.1 cm³/mol. The summed E-state index contributed by atoms with van der Waals surface area (Å²) in [6, 6.07) is 0. The summed E-state index contributed by atoms with van der Waals surface area (Å²) in [6.07, 6.45) is 3.91. The van der Waals surface area contributed by atoms with E-state index in [1.807, 2.05) is 13.2 Å². The molecule has 0 saturated carbocycles. The van der Waals surface area contributed by atoms with Gasteiger partial charge in [-0.2, -0.15) is 5.10 Å². The number of anilines is 1. The van der Waals surface area contributed by atoms with Crippen LogP contribution in [0.4, 0.5) is 5.69 Å². The second-order valence-electron chi connectivity index (χ2n) is 3.40. The molecule has 1 heterocycles. The van der Waals surface area contributed by atoms with Gasteiger partial charge < -0.3 is 10.6 Å². The van der Waals surface area contributed by atoms with E-state index < -0.39 is 0 Å². The van der Waals surface area contributed by atoms with Crippen molar-refractivity contribution in [2.75, 3.05) is 11.9 Å². The lowest BCUT2D eigenvalue weighted by Crippen LogP contribution is -2.29. The first-order chi connectivity index (χ1) is 7.17. The van der Waals surface area contributed by atoms with E-state index >= 15 is 0 Å². The van der Waals surface area contributed by atoms with Gasteiger partial charge >= 0.3 is 0 Å². The Morgan fingerprint density at radius 3 is 2.87 bits per heavy atom. The molecular weight excluding hydrogens is 208 g/mol. The van der Waals surface area contributed by atoms with Crippen LogP contribution in [0.2, 0.25) is 0 Å². The van der Waals surface area contributed by atoms with E-state index in [-0.39, 0.29) is 0 Å². The molecule has 2 N–H and O–H groups in total. The van der Waals surface area contributed by atoms with Gasteiger partial charge in [-0.15, -0.1) is 0 Å². The average molecular weight is 226 g/mol. The maximum Gasteiger partial charge on any atom is 0.170 e. The summed E-state index contributed by atoms with van der Waals surface area (Å²) in [6.45, 7) is 5.08. The Morgan fingerprint density at radius 2 is 2.27 bits per heavy atom. The fourth-order valence-corrected chi connectivity index (χ4v) is 1.52. The second-order valence-corrected chi connectivity index (χ2v) is 3.81. The number of hydrogen-bond acceptors (Lipinski definition) is 2. The molecule has 1 rings (SSSR count). The Bertz CT molecular complexity index is 332. The molecule has 0 aliphatic carbocycles. The quantitative estimate of drug-likeness (QED) is 0.767. The lowest BCUT2D eigenvalue weighted by molar-refractivity contribution is 0.746. The Kier molecular flexibility index (Phi) is 4.55. The van der Waals surface area contributed by atoms with E-state index in [0.717, 1.165) is 30.8 Å². The summed E-state index contributed by atoms with van der Waals surface area (Å²) in [4.78, 5) is 0. The summed E-state index contributed by atoms with van der Waals surface area (Å²) >= 11 is 5.16. The van der Waals surface area contributed by atoms with Crippen LogP contribution in [0.25, 0.3) is 0 Å². The van der Waals surface area contributed by atoms with Crippen molar-refractivity contribution < 1.29 is 0 Å². The fourth-order valence-electron chi connectivity index (χ4n) is 1.31. The molecule has 1 aromatic rings. The first-order valence-corrected chi connectivity index (χ1v) is 5.65. The normalized spacial score (nSPS) is 10.1. The molecule has 0 bridgehead atoms. The maximum absolute atomic E-state index is 5.16. The highest BCUT2D eigenvalue weighted by molar-refractivity contribution is 7.80. The fraction of sp³-hybridized carbons (Fsp3) is 0.600. The molecule has 5 heteroatoms. The van der Waals surface area contributed by atoms with Gasteiger partial charge in [-0.25, -0.2) is 0 Å². The zero-order chi connectivity index (χ0) is 11.3. The Labute approximate surface area is 96.1 Å². The van der Waals surface area contributed by atoms with Crippen molar-refractivity contribution in [1.29, 1.82) is 0 Å². The van der Waals surface area contributed by atoms with Crippen LogP contribution in [0, 0.1) is 0 Å². The van der Waals surface area contributed by atoms with Crippen LogP contribution in [0.5, 0.6) is 0 Å². The van der Waals surface area contributed by atoms with E-state index in [1.165, 1.54) is 0 Å². The highest BCUT2D eigenvalue weighted by Gasteiger charge is 2.06. The molecule has 84 valence electrons. The molecule has 4 nitrogen and oxygen atoms in total. The molecule has 0 unspecified atom stereocenters. The minimum Gasteiger partial charge on any atom is -0.362 e. The van der Waals surface area contributed by atoms with Crippen molar-refractivity contribution >= 4 is 23.0 Å². The van der Waals surface area contributed by atoms with Gasteiger partial charge in [-0.05, 0) is 25.1 Å². The van der Waals surface area contributed by atoms with Crippen LogP contribution in [0.3, 0.4) is 0 Å². The van der Waals surface area contributed by atoms with Crippen LogP contribution in [-0.4, -0.2) is 21.4 Å². The van der Waals surface area contributed by atoms with Gasteiger partial charge in [0, 0.05) is 19.8 Å². The molecule has 0 aromatic carbocycles. The first-order valence-electron chi connectivity index (χ1n) is 5.24. The van der Waals surface area contributed by atoms with Gasteiger partial charge in [-0.1, -0.05) is 13.8 Å². The molecule has 0 saturated heterocycles. The van der Waals surface area contributed by atoms with Gasteiger partial charge in [0.2, 0.25) is 0 Å². The van der Waals surface area contributed by atoms with Gasteiger partial charge in [0.05, 0.1) is 11.4 Å². The molecule has 0 spiro atoms. The Balaban J connectivity index is 2.59. The minimum absolute atomic E-state index is 0.666. The van der Waals surface area contributed by atoms with Gasteiger partial charge in [0.1, 0.15) is 0 Å². The number of nitrogens with one attached hydrogen (secondary N) is 2. The molecule has 15 heavy (non-hydrogen) atoms. The highest BCUT2D eigenvalue weighted by Crippen LogP contribution is 2.13. The third-order valence-corrected chi connectivity index (χ3v) is 2.27. The zero-order valence-corrected chi connectivity index (χ0v) is 10.3. The highest BCUT2D eigenvalue weighted by atomic mass is 32.1. The van der Waals surface area contributed by atoms with E-state index in [2.05, 4.69) is 29.6 Å². The van der Waals surface area contributed by atoms with Crippen LogP contribution in [-0.2, 0) is 13.5 Å². The van der Waals surface area contributed by atoms with Crippen LogP contribution in [0.1, 0.15) is 26.0 Å². The van der Waals surface area contributed by atoms with Gasteiger partial charge in [0.15, 0.2) is 5.11 Å². The topological polar surface area (TPSA) is 41.9 Å². The van der Waals surface area contributed by atoms with Crippen molar-refractivity contribution in [3.05, 3.63) is 11.9 Å². The van der Waals surface area contributed by atoms with Crippen molar-refractivity contribution in [2.45, 2.75) is 26.7 Å². The number of nitrogens with zero attached hydrogens (tertiary/aromatic N) is 2. The van der Waals surface area contributed by atoms with Gasteiger partial charge in [-0.3, -0.25) is 4.68 Å².